The number of benzene rings is 1. The lowest BCUT2D eigenvalue weighted by Crippen LogP contribution is -2.33. The molecule has 3 rings (SSSR count). The smallest absolute Gasteiger partial charge is 0.225 e. The first-order chi connectivity index (χ1) is 12.3. The van der Waals surface area contributed by atoms with E-state index in [1.54, 1.807) is 26.2 Å². The number of nitrogens with zero attached hydrogens (tertiary/aromatic N) is 4. The Hall–Kier alpha value is -2.25. The van der Waals surface area contributed by atoms with Gasteiger partial charge in [0, 0.05) is 33.7 Å². The molecule has 2 heterocycles. The molecule has 1 N–H and O–H groups in total. The van der Waals surface area contributed by atoms with Crippen LogP contribution in [0.15, 0.2) is 24.3 Å². The van der Waals surface area contributed by atoms with Gasteiger partial charge in [-0.3, -0.25) is 14.4 Å². The average Bonchev–Trinajstić information content (AvgIpc) is 3.01. The normalized spacial score (nSPS) is 15.6. The Morgan fingerprint density at radius 2 is 2.12 bits per heavy atom. The van der Waals surface area contributed by atoms with E-state index in [2.05, 4.69) is 10.00 Å². The first-order valence-electron chi connectivity index (χ1n) is 8.75. The second-order valence-electron chi connectivity index (χ2n) is 7.07. The zero-order valence-corrected chi connectivity index (χ0v) is 15.4. The van der Waals surface area contributed by atoms with Gasteiger partial charge in [0.05, 0.1) is 24.4 Å². The van der Waals surface area contributed by atoms with Crippen LogP contribution >= 0.6 is 0 Å². The standard InChI is InChI=1S/C19H25FN4O2/c1-13-4-5-15(20)8-14(13)11-23-6-7-24-16(12-23)9-17(21-24)18(25)10-19(26)22(2)3/h4-5,8-9,18,25H,6-7,10-12H2,1-3H3. The number of aromatic nitrogens is 2. The number of halogens is 1. The summed E-state index contributed by atoms with van der Waals surface area (Å²) in [6.45, 7) is 4.84. The Morgan fingerprint density at radius 3 is 2.85 bits per heavy atom. The van der Waals surface area contributed by atoms with Crippen molar-refractivity contribution < 1.29 is 14.3 Å². The summed E-state index contributed by atoms with van der Waals surface area (Å²) in [4.78, 5) is 15.5. The Balaban J connectivity index is 1.68. The third-order valence-electron chi connectivity index (χ3n) is 4.81. The SMILES string of the molecule is Cc1ccc(F)cc1CN1CCn2nc(C(O)CC(=O)N(C)C)cc2C1. The molecule has 0 spiro atoms. The molecule has 1 aliphatic rings. The van der Waals surface area contributed by atoms with Crippen LogP contribution in [-0.2, 0) is 24.4 Å². The van der Waals surface area contributed by atoms with E-state index in [1.165, 1.54) is 11.0 Å². The maximum atomic E-state index is 13.5. The highest BCUT2D eigenvalue weighted by Crippen LogP contribution is 2.22. The van der Waals surface area contributed by atoms with Crippen LogP contribution in [0.2, 0.25) is 0 Å². The fraction of sp³-hybridized carbons (Fsp3) is 0.474. The number of carbonyl (C=O) groups excluding carboxylic acids is 1. The van der Waals surface area contributed by atoms with Crippen molar-refractivity contribution in [1.29, 1.82) is 0 Å². The highest BCUT2D eigenvalue weighted by molar-refractivity contribution is 5.76. The molecule has 0 aliphatic carbocycles. The monoisotopic (exact) mass is 360 g/mol. The summed E-state index contributed by atoms with van der Waals surface area (Å²) in [6, 6.07) is 6.73. The molecule has 0 bridgehead atoms. The van der Waals surface area contributed by atoms with Gasteiger partial charge >= 0.3 is 0 Å². The minimum atomic E-state index is -0.901. The Labute approximate surface area is 152 Å². The van der Waals surface area contributed by atoms with Gasteiger partial charge in [0.15, 0.2) is 0 Å². The predicted molar refractivity (Wildman–Crippen MR) is 95.7 cm³/mol. The summed E-state index contributed by atoms with van der Waals surface area (Å²) >= 11 is 0. The third-order valence-corrected chi connectivity index (χ3v) is 4.81. The van der Waals surface area contributed by atoms with Crippen LogP contribution < -0.4 is 0 Å². The largest absolute Gasteiger partial charge is 0.386 e. The van der Waals surface area contributed by atoms with Crippen molar-refractivity contribution in [1.82, 2.24) is 19.6 Å². The molecule has 0 saturated carbocycles. The lowest BCUT2D eigenvalue weighted by Gasteiger charge is -2.28. The summed E-state index contributed by atoms with van der Waals surface area (Å²) in [5.41, 5.74) is 3.58. The van der Waals surface area contributed by atoms with Crippen LogP contribution in [-0.4, -0.2) is 51.2 Å². The van der Waals surface area contributed by atoms with Gasteiger partial charge in [0.2, 0.25) is 5.91 Å². The van der Waals surface area contributed by atoms with Crippen LogP contribution in [0.4, 0.5) is 4.39 Å². The number of rotatable bonds is 5. The Kier molecular flexibility index (Phi) is 5.38. The lowest BCUT2D eigenvalue weighted by molar-refractivity contribution is -0.130. The van der Waals surface area contributed by atoms with Crippen molar-refractivity contribution in [3.05, 3.63) is 52.6 Å². The molecule has 0 radical (unpaired) electrons. The maximum absolute atomic E-state index is 13.5. The molecule has 7 heteroatoms. The highest BCUT2D eigenvalue weighted by Gasteiger charge is 2.23. The van der Waals surface area contributed by atoms with Gasteiger partial charge in [-0.05, 0) is 36.2 Å². The van der Waals surface area contributed by atoms with Gasteiger partial charge in [0.1, 0.15) is 11.9 Å². The molecule has 1 aromatic heterocycles. The van der Waals surface area contributed by atoms with E-state index in [0.29, 0.717) is 25.3 Å². The van der Waals surface area contributed by atoms with Crippen LogP contribution in [0.25, 0.3) is 0 Å². The second kappa shape index (κ2) is 7.55. The number of hydrogen-bond donors (Lipinski definition) is 1. The van der Waals surface area contributed by atoms with Crippen LogP contribution in [0, 0.1) is 12.7 Å². The van der Waals surface area contributed by atoms with Crippen molar-refractivity contribution in [2.24, 2.45) is 0 Å². The molecule has 0 saturated heterocycles. The fourth-order valence-electron chi connectivity index (χ4n) is 3.14. The molecule has 1 aromatic carbocycles. The van der Waals surface area contributed by atoms with Crippen molar-refractivity contribution in [2.45, 2.75) is 39.1 Å². The number of amides is 1. The van der Waals surface area contributed by atoms with Gasteiger partial charge in [0.25, 0.3) is 0 Å². The van der Waals surface area contributed by atoms with Gasteiger partial charge in [-0.2, -0.15) is 5.10 Å². The lowest BCUT2D eigenvalue weighted by atomic mass is 10.1. The summed E-state index contributed by atoms with van der Waals surface area (Å²) < 4.78 is 15.4. The van der Waals surface area contributed by atoms with Crippen LogP contribution in [0.3, 0.4) is 0 Å². The molecule has 2 aromatic rings. The minimum absolute atomic E-state index is 0.0235. The molecule has 26 heavy (non-hydrogen) atoms. The van der Waals surface area contributed by atoms with Crippen molar-refractivity contribution in [3.63, 3.8) is 0 Å². The van der Waals surface area contributed by atoms with E-state index < -0.39 is 6.10 Å². The Bertz CT molecular complexity index is 803. The first-order valence-corrected chi connectivity index (χ1v) is 8.75. The van der Waals surface area contributed by atoms with Crippen molar-refractivity contribution in [2.75, 3.05) is 20.6 Å². The average molecular weight is 360 g/mol. The van der Waals surface area contributed by atoms with E-state index >= 15 is 0 Å². The van der Waals surface area contributed by atoms with Crippen molar-refractivity contribution in [3.8, 4) is 0 Å². The molecular formula is C19H25FN4O2. The van der Waals surface area contributed by atoms with E-state index in [9.17, 15) is 14.3 Å². The second-order valence-corrected chi connectivity index (χ2v) is 7.07. The van der Waals surface area contributed by atoms with Gasteiger partial charge in [-0.25, -0.2) is 4.39 Å². The molecule has 1 amide bonds. The molecular weight excluding hydrogens is 335 g/mol. The predicted octanol–water partition coefficient (Wildman–Crippen LogP) is 1.86. The summed E-state index contributed by atoms with van der Waals surface area (Å²) in [7, 11) is 3.33. The van der Waals surface area contributed by atoms with Crippen LogP contribution in [0.1, 0.15) is 35.0 Å². The summed E-state index contributed by atoms with van der Waals surface area (Å²) in [5, 5.41) is 14.7. The first kappa shape index (κ1) is 18.5. The topological polar surface area (TPSA) is 61.6 Å². The number of aryl methyl sites for hydroxylation is 1. The molecule has 1 unspecified atom stereocenters. The Morgan fingerprint density at radius 1 is 1.35 bits per heavy atom. The van der Waals surface area contributed by atoms with Gasteiger partial charge in [-0.1, -0.05) is 6.07 Å². The van der Waals surface area contributed by atoms with Crippen LogP contribution in [0.5, 0.6) is 0 Å². The number of aliphatic hydroxyl groups is 1. The quantitative estimate of drug-likeness (QED) is 0.884. The molecule has 1 atom stereocenters. The molecule has 6 nitrogen and oxygen atoms in total. The van der Waals surface area contributed by atoms with E-state index in [4.69, 9.17) is 0 Å². The molecule has 0 fully saturated rings. The van der Waals surface area contributed by atoms with E-state index in [0.717, 1.165) is 23.4 Å². The summed E-state index contributed by atoms with van der Waals surface area (Å²) in [5.74, 6) is -0.352. The van der Waals surface area contributed by atoms with E-state index in [-0.39, 0.29) is 18.1 Å². The number of hydrogen-bond acceptors (Lipinski definition) is 4. The number of aliphatic hydroxyl groups excluding tert-OH is 1. The van der Waals surface area contributed by atoms with E-state index in [1.807, 2.05) is 17.7 Å². The summed E-state index contributed by atoms with van der Waals surface area (Å²) in [6.07, 6.45) is -0.878. The van der Waals surface area contributed by atoms with Gasteiger partial charge in [-0.15, -0.1) is 0 Å². The maximum Gasteiger partial charge on any atom is 0.225 e. The number of fused-ring (bicyclic) bond motifs is 1. The zero-order valence-electron chi connectivity index (χ0n) is 15.4. The fourth-order valence-corrected chi connectivity index (χ4v) is 3.14. The molecule has 1 aliphatic heterocycles. The molecule has 140 valence electrons. The number of carbonyl (C=O) groups is 1. The zero-order chi connectivity index (χ0) is 18.8. The minimum Gasteiger partial charge on any atom is -0.386 e. The van der Waals surface area contributed by atoms with Gasteiger partial charge < -0.3 is 10.0 Å². The third kappa shape index (κ3) is 4.11. The highest BCUT2D eigenvalue weighted by atomic mass is 19.1. The van der Waals surface area contributed by atoms with Crippen molar-refractivity contribution >= 4 is 5.91 Å².